The van der Waals surface area contributed by atoms with Gasteiger partial charge in [0.2, 0.25) is 0 Å². The summed E-state index contributed by atoms with van der Waals surface area (Å²) in [4.78, 5) is 20.1. The number of halogens is 2. The summed E-state index contributed by atoms with van der Waals surface area (Å²) < 4.78 is 13.5. The smallest absolute Gasteiger partial charge is 0.135 e. The van der Waals surface area contributed by atoms with Crippen LogP contribution in [0.2, 0.25) is 5.02 Å². The molecular weight excluding hydrogens is 453 g/mol. The Morgan fingerprint density at radius 1 is 1.24 bits per heavy atom. The highest BCUT2D eigenvalue weighted by atomic mass is 35.5. The fraction of sp³-hybridized carbons (Fsp3) is 0.360. The lowest BCUT2D eigenvalue weighted by molar-refractivity contribution is 0.245. The zero-order chi connectivity index (χ0) is 23.7. The molecule has 1 atom stereocenters. The molecule has 4 heterocycles. The summed E-state index contributed by atoms with van der Waals surface area (Å²) in [5.74, 6) is 0.668. The summed E-state index contributed by atoms with van der Waals surface area (Å²) in [6.45, 7) is 4.84. The van der Waals surface area contributed by atoms with Gasteiger partial charge < -0.3 is 14.7 Å². The molecule has 34 heavy (non-hydrogen) atoms. The highest BCUT2D eigenvalue weighted by molar-refractivity contribution is 6.36. The van der Waals surface area contributed by atoms with Crippen LogP contribution in [-0.4, -0.2) is 52.1 Å². The molecule has 0 saturated carbocycles. The lowest BCUT2D eigenvalue weighted by Crippen LogP contribution is -2.51. The van der Waals surface area contributed by atoms with Crippen molar-refractivity contribution in [1.82, 2.24) is 19.9 Å². The zero-order valence-corrected chi connectivity index (χ0v) is 19.7. The van der Waals surface area contributed by atoms with Crippen molar-refractivity contribution < 1.29 is 4.39 Å². The van der Waals surface area contributed by atoms with Gasteiger partial charge >= 0.3 is 0 Å². The molecule has 3 aromatic rings. The normalized spacial score (nSPS) is 18.7. The second-order valence-electron chi connectivity index (χ2n) is 8.71. The number of anilines is 2. The van der Waals surface area contributed by atoms with Crippen LogP contribution in [0.25, 0.3) is 10.8 Å². The third kappa shape index (κ3) is 4.24. The van der Waals surface area contributed by atoms with E-state index in [9.17, 15) is 9.65 Å². The molecule has 1 unspecified atom stereocenters. The Bertz CT molecular complexity index is 1280. The molecule has 0 aliphatic carbocycles. The van der Waals surface area contributed by atoms with Gasteiger partial charge in [-0.2, -0.15) is 5.26 Å². The van der Waals surface area contributed by atoms with Crippen LogP contribution in [0.1, 0.15) is 24.6 Å². The summed E-state index contributed by atoms with van der Waals surface area (Å²) in [7, 11) is 0. The lowest BCUT2D eigenvalue weighted by Gasteiger charge is -2.42. The van der Waals surface area contributed by atoms with E-state index >= 15 is 0 Å². The molecule has 9 heteroatoms. The molecule has 2 aliphatic rings. The molecule has 0 N–H and O–H groups in total. The monoisotopic (exact) mass is 477 g/mol. The maximum Gasteiger partial charge on any atom is 0.135 e. The van der Waals surface area contributed by atoms with Gasteiger partial charge in [0.25, 0.3) is 0 Å². The largest absolute Gasteiger partial charge is 0.368 e. The number of benzene rings is 1. The Kier molecular flexibility index (Phi) is 6.20. The van der Waals surface area contributed by atoms with Crippen molar-refractivity contribution in [1.29, 1.82) is 5.26 Å². The molecule has 0 spiro atoms. The second kappa shape index (κ2) is 9.43. The lowest BCUT2D eigenvalue weighted by atomic mass is 10.0. The van der Waals surface area contributed by atoms with Gasteiger partial charge in [-0.1, -0.05) is 23.7 Å². The van der Waals surface area contributed by atoms with Crippen molar-refractivity contribution in [2.24, 2.45) is 0 Å². The third-order valence-corrected chi connectivity index (χ3v) is 6.85. The van der Waals surface area contributed by atoms with Crippen LogP contribution in [0.5, 0.6) is 0 Å². The van der Waals surface area contributed by atoms with Crippen molar-refractivity contribution in [3.8, 4) is 6.07 Å². The van der Waals surface area contributed by atoms with Crippen LogP contribution in [-0.2, 0) is 13.0 Å². The maximum atomic E-state index is 13.5. The number of hydrogen-bond donors (Lipinski definition) is 0. The number of nitriles is 1. The second-order valence-corrected chi connectivity index (χ2v) is 9.11. The first kappa shape index (κ1) is 22.4. The number of hydrogen-bond acceptors (Lipinski definition) is 7. The molecule has 1 saturated heterocycles. The molecule has 174 valence electrons. The third-order valence-electron chi connectivity index (χ3n) is 6.54. The minimum atomic E-state index is -0.251. The summed E-state index contributed by atoms with van der Waals surface area (Å²) in [6, 6.07) is 8.02. The SMILES string of the molecule is CC(F)=CN1CCN(c2ncnc3c2CCN(c2cncc4cccc(Cl)c24)C3)CC1CC#N. The van der Waals surface area contributed by atoms with Gasteiger partial charge in [-0.25, -0.2) is 14.4 Å². The van der Waals surface area contributed by atoms with E-state index in [1.807, 2.05) is 35.5 Å². The molecule has 7 nitrogen and oxygen atoms in total. The van der Waals surface area contributed by atoms with Crippen molar-refractivity contribution in [3.05, 3.63) is 65.2 Å². The van der Waals surface area contributed by atoms with Crippen LogP contribution < -0.4 is 9.80 Å². The van der Waals surface area contributed by atoms with Crippen molar-refractivity contribution in [3.63, 3.8) is 0 Å². The van der Waals surface area contributed by atoms with Crippen molar-refractivity contribution >= 4 is 33.9 Å². The van der Waals surface area contributed by atoms with Crippen LogP contribution in [0.4, 0.5) is 15.9 Å². The Morgan fingerprint density at radius 3 is 2.94 bits per heavy atom. The molecular formula is C25H25ClFN7. The predicted molar refractivity (Wildman–Crippen MR) is 131 cm³/mol. The topological polar surface area (TPSA) is 72.2 Å². The van der Waals surface area contributed by atoms with Gasteiger partial charge in [-0.3, -0.25) is 4.98 Å². The summed E-state index contributed by atoms with van der Waals surface area (Å²) in [5, 5.41) is 12.0. The first-order chi connectivity index (χ1) is 16.5. The molecule has 1 fully saturated rings. The van der Waals surface area contributed by atoms with E-state index in [1.54, 1.807) is 6.33 Å². The zero-order valence-electron chi connectivity index (χ0n) is 19.0. The highest BCUT2D eigenvalue weighted by Gasteiger charge is 2.30. The van der Waals surface area contributed by atoms with Crippen LogP contribution in [0.3, 0.4) is 0 Å². The van der Waals surface area contributed by atoms with Gasteiger partial charge in [-0.15, -0.1) is 0 Å². The van der Waals surface area contributed by atoms with Crippen molar-refractivity contribution in [2.45, 2.75) is 32.4 Å². The van der Waals surface area contributed by atoms with Gasteiger partial charge in [-0.05, 0) is 19.4 Å². The number of rotatable bonds is 4. The van der Waals surface area contributed by atoms with E-state index in [0.717, 1.165) is 46.5 Å². The average molecular weight is 478 g/mol. The number of nitrogens with zero attached hydrogens (tertiary/aromatic N) is 7. The van der Waals surface area contributed by atoms with Gasteiger partial charge in [0.15, 0.2) is 0 Å². The summed E-state index contributed by atoms with van der Waals surface area (Å²) in [6.07, 6.45) is 7.95. The Balaban J connectivity index is 1.42. The number of allylic oxidation sites excluding steroid dienone is 1. The minimum Gasteiger partial charge on any atom is -0.368 e. The molecule has 0 bridgehead atoms. The van der Waals surface area contributed by atoms with E-state index in [0.29, 0.717) is 37.6 Å². The van der Waals surface area contributed by atoms with E-state index in [4.69, 9.17) is 11.6 Å². The average Bonchev–Trinajstić information content (AvgIpc) is 2.84. The van der Waals surface area contributed by atoms with Gasteiger partial charge in [0.1, 0.15) is 18.0 Å². The van der Waals surface area contributed by atoms with Crippen LogP contribution in [0, 0.1) is 11.3 Å². The van der Waals surface area contributed by atoms with E-state index in [2.05, 4.69) is 30.8 Å². The van der Waals surface area contributed by atoms with Crippen LogP contribution >= 0.6 is 11.6 Å². The van der Waals surface area contributed by atoms with E-state index < -0.39 is 0 Å². The Morgan fingerprint density at radius 2 is 2.12 bits per heavy atom. The molecule has 1 aromatic carbocycles. The first-order valence-electron chi connectivity index (χ1n) is 11.4. The molecule has 2 aromatic heterocycles. The Hall–Kier alpha value is -3.44. The number of piperazine rings is 1. The van der Waals surface area contributed by atoms with E-state index in [1.165, 1.54) is 13.1 Å². The minimum absolute atomic E-state index is 0.0842. The van der Waals surface area contributed by atoms with E-state index in [-0.39, 0.29) is 11.9 Å². The fourth-order valence-electron chi connectivity index (χ4n) is 4.97. The molecule has 0 radical (unpaired) electrons. The highest BCUT2D eigenvalue weighted by Crippen LogP contribution is 2.35. The Labute approximate surface area is 203 Å². The fourth-order valence-corrected chi connectivity index (χ4v) is 5.25. The first-order valence-corrected chi connectivity index (χ1v) is 11.7. The predicted octanol–water partition coefficient (Wildman–Crippen LogP) is 4.48. The van der Waals surface area contributed by atoms with Gasteiger partial charge in [0.05, 0.1) is 47.7 Å². The standard InChI is InChI=1S/C25H25ClFN7/c1-17(27)13-32-9-10-34(14-19(32)5-7-28)25-20-6-8-33(15-22(20)30-16-31-25)23-12-29-11-18-3-2-4-21(26)24(18)23/h2-4,11-13,16,19H,5-6,8-10,14-15H2,1H3. The number of fused-ring (bicyclic) bond motifs is 2. The molecule has 2 aliphatic heterocycles. The maximum absolute atomic E-state index is 13.5. The summed E-state index contributed by atoms with van der Waals surface area (Å²) in [5.41, 5.74) is 3.13. The quantitative estimate of drug-likeness (QED) is 0.548. The number of pyridine rings is 1. The summed E-state index contributed by atoms with van der Waals surface area (Å²) >= 11 is 6.55. The van der Waals surface area contributed by atoms with Crippen molar-refractivity contribution in [2.75, 3.05) is 36.0 Å². The molecule has 0 amide bonds. The molecule has 5 rings (SSSR count). The van der Waals surface area contributed by atoms with Gasteiger partial charge in [0, 0.05) is 54.9 Å². The van der Waals surface area contributed by atoms with Crippen LogP contribution in [0.15, 0.2) is 48.9 Å². The number of aromatic nitrogens is 3.